The summed E-state index contributed by atoms with van der Waals surface area (Å²) in [6.45, 7) is 1.92. The van der Waals surface area contributed by atoms with Crippen molar-refractivity contribution in [3.05, 3.63) is 61.5 Å². The first kappa shape index (κ1) is 16.1. The molecule has 110 valence electrons. The third-order valence-corrected chi connectivity index (χ3v) is 4.19. The van der Waals surface area contributed by atoms with E-state index in [0.29, 0.717) is 25.8 Å². The van der Waals surface area contributed by atoms with Crippen LogP contribution in [0.5, 0.6) is 5.75 Å². The Labute approximate surface area is 140 Å². The van der Waals surface area contributed by atoms with E-state index in [2.05, 4.69) is 15.9 Å². The predicted octanol–water partition coefficient (Wildman–Crippen LogP) is 5.34. The van der Waals surface area contributed by atoms with Crippen molar-refractivity contribution in [3.63, 3.8) is 0 Å². The summed E-state index contributed by atoms with van der Waals surface area (Å²) in [6, 6.07) is 8.52. The van der Waals surface area contributed by atoms with Crippen LogP contribution >= 0.6 is 39.1 Å². The molecule has 0 unspecified atom stereocenters. The zero-order valence-electron chi connectivity index (χ0n) is 11.0. The number of carboxylic acid groups (broad SMARTS) is 1. The summed E-state index contributed by atoms with van der Waals surface area (Å²) >= 11 is 15.3. The van der Waals surface area contributed by atoms with E-state index in [1.165, 1.54) is 6.07 Å². The maximum absolute atomic E-state index is 11.3. The van der Waals surface area contributed by atoms with Crippen molar-refractivity contribution in [2.45, 2.75) is 13.5 Å². The topological polar surface area (TPSA) is 46.5 Å². The highest BCUT2D eigenvalue weighted by molar-refractivity contribution is 9.10. The van der Waals surface area contributed by atoms with E-state index < -0.39 is 5.97 Å². The molecule has 0 amide bonds. The first-order chi connectivity index (χ1) is 9.90. The van der Waals surface area contributed by atoms with Gasteiger partial charge in [0, 0.05) is 10.0 Å². The number of carbonyl (C=O) groups is 1. The fraction of sp³-hybridized carbons (Fsp3) is 0.133. The number of aryl methyl sites for hydroxylation is 1. The fourth-order valence-electron chi connectivity index (χ4n) is 1.89. The number of hydrogen-bond acceptors (Lipinski definition) is 2. The largest absolute Gasteiger partial charge is 0.488 e. The molecule has 0 saturated heterocycles. The van der Waals surface area contributed by atoms with Gasteiger partial charge in [0.1, 0.15) is 17.9 Å². The van der Waals surface area contributed by atoms with Crippen LogP contribution in [0.25, 0.3) is 0 Å². The number of aromatic carboxylic acids is 1. The Hall–Kier alpha value is -1.23. The van der Waals surface area contributed by atoms with Crippen molar-refractivity contribution in [2.24, 2.45) is 0 Å². The normalized spacial score (nSPS) is 10.5. The maximum Gasteiger partial charge on any atom is 0.339 e. The van der Waals surface area contributed by atoms with Gasteiger partial charge in [0.2, 0.25) is 0 Å². The van der Waals surface area contributed by atoms with Crippen LogP contribution in [-0.2, 0) is 6.61 Å². The molecule has 0 spiro atoms. The first-order valence-corrected chi connectivity index (χ1v) is 7.54. The monoisotopic (exact) mass is 388 g/mol. The lowest BCUT2D eigenvalue weighted by molar-refractivity contribution is 0.0691. The van der Waals surface area contributed by atoms with Crippen LogP contribution in [0.3, 0.4) is 0 Å². The van der Waals surface area contributed by atoms with Crippen molar-refractivity contribution in [3.8, 4) is 5.75 Å². The van der Waals surface area contributed by atoms with Crippen LogP contribution in [0.2, 0.25) is 10.0 Å². The molecule has 0 bridgehead atoms. The van der Waals surface area contributed by atoms with Gasteiger partial charge in [0.15, 0.2) is 0 Å². The number of halogens is 3. The van der Waals surface area contributed by atoms with Crippen molar-refractivity contribution < 1.29 is 14.6 Å². The summed E-state index contributed by atoms with van der Waals surface area (Å²) in [5.41, 5.74) is 1.52. The summed E-state index contributed by atoms with van der Waals surface area (Å²) in [7, 11) is 0. The molecule has 0 aliphatic heterocycles. The Morgan fingerprint density at radius 2 is 2.05 bits per heavy atom. The third kappa shape index (κ3) is 3.70. The van der Waals surface area contributed by atoms with E-state index in [9.17, 15) is 9.90 Å². The second-order valence-electron chi connectivity index (χ2n) is 4.41. The number of carboxylic acids is 1. The molecular formula is C15H11BrCl2O3. The molecule has 0 aliphatic rings. The SMILES string of the molecule is Cc1cc(Br)cc(C(=O)O)c1OCc1cccc(Cl)c1Cl. The summed E-state index contributed by atoms with van der Waals surface area (Å²) in [4.78, 5) is 11.3. The highest BCUT2D eigenvalue weighted by Gasteiger charge is 2.16. The van der Waals surface area contributed by atoms with Gasteiger partial charge in [-0.25, -0.2) is 4.79 Å². The van der Waals surface area contributed by atoms with E-state index in [1.807, 2.05) is 0 Å². The lowest BCUT2D eigenvalue weighted by atomic mass is 10.1. The van der Waals surface area contributed by atoms with Crippen LogP contribution in [-0.4, -0.2) is 11.1 Å². The zero-order chi connectivity index (χ0) is 15.6. The standard InChI is InChI=1S/C15H11BrCl2O3/c1-8-5-10(16)6-11(15(19)20)14(8)21-7-9-3-2-4-12(17)13(9)18/h2-6H,7H2,1H3,(H,19,20). The minimum absolute atomic E-state index is 0.0972. The average Bonchev–Trinajstić information content (AvgIpc) is 2.41. The molecule has 0 atom stereocenters. The number of benzene rings is 2. The molecule has 0 saturated carbocycles. The van der Waals surface area contributed by atoms with E-state index in [-0.39, 0.29) is 12.2 Å². The quantitative estimate of drug-likeness (QED) is 0.767. The molecule has 0 heterocycles. The molecule has 0 aliphatic carbocycles. The molecule has 21 heavy (non-hydrogen) atoms. The molecule has 0 aromatic heterocycles. The van der Waals surface area contributed by atoms with Gasteiger partial charge in [-0.1, -0.05) is 51.3 Å². The fourth-order valence-corrected chi connectivity index (χ4v) is 2.84. The Kier molecular flexibility index (Phi) is 5.14. The molecule has 6 heteroatoms. The summed E-state index contributed by atoms with van der Waals surface area (Å²) in [5, 5.41) is 10.1. The van der Waals surface area contributed by atoms with Gasteiger partial charge in [0.05, 0.1) is 10.0 Å². The minimum Gasteiger partial charge on any atom is -0.488 e. The second kappa shape index (κ2) is 6.69. The van der Waals surface area contributed by atoms with E-state index in [0.717, 1.165) is 5.56 Å². The van der Waals surface area contributed by atoms with Gasteiger partial charge in [-0.2, -0.15) is 0 Å². The smallest absolute Gasteiger partial charge is 0.339 e. The van der Waals surface area contributed by atoms with E-state index >= 15 is 0 Å². The van der Waals surface area contributed by atoms with Crippen LogP contribution in [0.4, 0.5) is 0 Å². The molecule has 0 radical (unpaired) electrons. The third-order valence-electron chi connectivity index (χ3n) is 2.87. The second-order valence-corrected chi connectivity index (χ2v) is 6.11. The molecule has 2 rings (SSSR count). The number of rotatable bonds is 4. The summed E-state index contributed by atoms with van der Waals surface area (Å²) in [5.74, 6) is -0.728. The zero-order valence-corrected chi connectivity index (χ0v) is 14.1. The van der Waals surface area contributed by atoms with Gasteiger partial charge >= 0.3 is 5.97 Å². The number of hydrogen-bond donors (Lipinski definition) is 1. The van der Waals surface area contributed by atoms with Crippen molar-refractivity contribution in [1.82, 2.24) is 0 Å². The highest BCUT2D eigenvalue weighted by atomic mass is 79.9. The summed E-state index contributed by atoms with van der Waals surface area (Å²) in [6.07, 6.45) is 0. The lowest BCUT2D eigenvalue weighted by Gasteiger charge is -2.13. The van der Waals surface area contributed by atoms with Gasteiger partial charge in [-0.3, -0.25) is 0 Å². The predicted molar refractivity (Wildman–Crippen MR) is 86.6 cm³/mol. The van der Waals surface area contributed by atoms with Crippen LogP contribution in [0.1, 0.15) is 21.5 Å². The van der Waals surface area contributed by atoms with Gasteiger partial charge in [-0.05, 0) is 30.7 Å². The Bertz CT molecular complexity index is 702. The minimum atomic E-state index is -1.05. The van der Waals surface area contributed by atoms with Crippen molar-refractivity contribution in [2.75, 3.05) is 0 Å². The summed E-state index contributed by atoms with van der Waals surface area (Å²) < 4.78 is 6.35. The van der Waals surface area contributed by atoms with Gasteiger partial charge < -0.3 is 9.84 Å². The molecular weight excluding hydrogens is 379 g/mol. The van der Waals surface area contributed by atoms with E-state index in [4.69, 9.17) is 27.9 Å². The Balaban J connectivity index is 2.32. The van der Waals surface area contributed by atoms with Crippen molar-refractivity contribution in [1.29, 1.82) is 0 Å². The first-order valence-electron chi connectivity index (χ1n) is 5.99. The van der Waals surface area contributed by atoms with Crippen LogP contribution < -0.4 is 4.74 Å². The van der Waals surface area contributed by atoms with Gasteiger partial charge in [0.25, 0.3) is 0 Å². The molecule has 0 fully saturated rings. The highest BCUT2D eigenvalue weighted by Crippen LogP contribution is 2.31. The Morgan fingerprint density at radius 3 is 2.71 bits per heavy atom. The van der Waals surface area contributed by atoms with Crippen molar-refractivity contribution >= 4 is 45.1 Å². The van der Waals surface area contributed by atoms with Crippen LogP contribution in [0.15, 0.2) is 34.8 Å². The van der Waals surface area contributed by atoms with E-state index in [1.54, 1.807) is 31.2 Å². The maximum atomic E-state index is 11.3. The number of ether oxygens (including phenoxy) is 1. The average molecular weight is 390 g/mol. The van der Waals surface area contributed by atoms with Crippen LogP contribution in [0, 0.1) is 6.92 Å². The Morgan fingerprint density at radius 1 is 1.33 bits per heavy atom. The molecule has 2 aromatic rings. The molecule has 3 nitrogen and oxygen atoms in total. The van der Waals surface area contributed by atoms with Gasteiger partial charge in [-0.15, -0.1) is 0 Å². The lowest BCUT2D eigenvalue weighted by Crippen LogP contribution is -2.05. The molecule has 2 aromatic carbocycles. The molecule has 1 N–H and O–H groups in total.